The zero-order valence-electron chi connectivity index (χ0n) is 16.7. The molecule has 3 aromatic carbocycles. The smallest absolute Gasteiger partial charge is 0.225 e. The van der Waals surface area contributed by atoms with Crippen molar-refractivity contribution in [3.8, 4) is 23.0 Å². The molecule has 0 aromatic heterocycles. The van der Waals surface area contributed by atoms with Gasteiger partial charge in [-0.05, 0) is 43.3 Å². The number of para-hydroxylation sites is 2. The number of rotatable bonds is 7. The van der Waals surface area contributed by atoms with Gasteiger partial charge in [0.15, 0.2) is 11.5 Å². The van der Waals surface area contributed by atoms with Crippen LogP contribution in [-0.2, 0) is 0 Å². The molecule has 0 saturated heterocycles. The zero-order chi connectivity index (χ0) is 20.5. The molecule has 29 heavy (non-hydrogen) atoms. The SMILES string of the molecule is COc1ccc(O/C=C(C)/C(=N/c2ccccc2)Oc2ccccc2)c(OC)c1. The van der Waals surface area contributed by atoms with Crippen molar-refractivity contribution >= 4 is 11.6 Å². The predicted molar refractivity (Wildman–Crippen MR) is 115 cm³/mol. The Balaban J connectivity index is 1.88. The van der Waals surface area contributed by atoms with Crippen LogP contribution in [0.5, 0.6) is 23.0 Å². The maximum absolute atomic E-state index is 6.01. The fourth-order valence-corrected chi connectivity index (χ4v) is 2.49. The Hall–Kier alpha value is -3.73. The molecule has 0 amide bonds. The van der Waals surface area contributed by atoms with E-state index in [0.29, 0.717) is 28.9 Å². The first-order valence-corrected chi connectivity index (χ1v) is 9.12. The van der Waals surface area contributed by atoms with E-state index < -0.39 is 0 Å². The molecule has 0 aliphatic carbocycles. The van der Waals surface area contributed by atoms with E-state index in [1.807, 2.05) is 67.6 Å². The molecule has 0 atom stereocenters. The summed E-state index contributed by atoms with van der Waals surface area (Å²) >= 11 is 0. The van der Waals surface area contributed by atoms with Crippen molar-refractivity contribution in [1.82, 2.24) is 0 Å². The Kier molecular flexibility index (Phi) is 6.90. The summed E-state index contributed by atoms with van der Waals surface area (Å²) in [6.45, 7) is 1.88. The van der Waals surface area contributed by atoms with Crippen molar-refractivity contribution < 1.29 is 18.9 Å². The number of benzene rings is 3. The number of ether oxygens (including phenoxy) is 4. The van der Waals surface area contributed by atoms with Crippen LogP contribution < -0.4 is 18.9 Å². The van der Waals surface area contributed by atoms with Crippen LogP contribution in [0.3, 0.4) is 0 Å². The fraction of sp³-hybridized carbons (Fsp3) is 0.125. The predicted octanol–water partition coefficient (Wildman–Crippen LogP) is 5.80. The molecule has 0 spiro atoms. The summed E-state index contributed by atoms with van der Waals surface area (Å²) in [7, 11) is 3.19. The van der Waals surface area contributed by atoms with E-state index in [1.165, 1.54) is 0 Å². The summed E-state index contributed by atoms with van der Waals surface area (Å²) in [5.41, 5.74) is 1.50. The van der Waals surface area contributed by atoms with Crippen LogP contribution in [0.2, 0.25) is 0 Å². The van der Waals surface area contributed by atoms with Crippen molar-refractivity contribution in [2.75, 3.05) is 14.2 Å². The summed E-state index contributed by atoms with van der Waals surface area (Å²) in [4.78, 5) is 4.63. The Morgan fingerprint density at radius 2 is 1.45 bits per heavy atom. The monoisotopic (exact) mass is 389 g/mol. The average Bonchev–Trinajstić information content (AvgIpc) is 2.78. The van der Waals surface area contributed by atoms with Crippen LogP contribution in [0.15, 0.2) is 95.7 Å². The van der Waals surface area contributed by atoms with Gasteiger partial charge in [0.25, 0.3) is 0 Å². The first-order chi connectivity index (χ1) is 14.2. The molecule has 148 valence electrons. The third-order valence-electron chi connectivity index (χ3n) is 4.02. The van der Waals surface area contributed by atoms with Gasteiger partial charge in [-0.15, -0.1) is 0 Å². The Morgan fingerprint density at radius 3 is 2.10 bits per heavy atom. The molecule has 0 heterocycles. The van der Waals surface area contributed by atoms with E-state index in [4.69, 9.17) is 18.9 Å². The zero-order valence-corrected chi connectivity index (χ0v) is 16.7. The van der Waals surface area contributed by atoms with Gasteiger partial charge in [0, 0.05) is 11.6 Å². The first kappa shape index (κ1) is 20.0. The van der Waals surface area contributed by atoms with Gasteiger partial charge < -0.3 is 18.9 Å². The maximum atomic E-state index is 6.01. The molecule has 0 aliphatic heterocycles. The molecule has 0 radical (unpaired) electrons. The van der Waals surface area contributed by atoms with Gasteiger partial charge >= 0.3 is 0 Å². The second-order valence-corrected chi connectivity index (χ2v) is 6.10. The molecule has 0 fully saturated rings. The largest absolute Gasteiger partial charge is 0.497 e. The lowest BCUT2D eigenvalue weighted by atomic mass is 10.3. The third-order valence-corrected chi connectivity index (χ3v) is 4.02. The number of nitrogens with zero attached hydrogens (tertiary/aromatic N) is 1. The van der Waals surface area contributed by atoms with Crippen molar-refractivity contribution in [3.05, 3.63) is 90.7 Å². The lowest BCUT2D eigenvalue weighted by molar-refractivity contribution is 0.367. The minimum atomic E-state index is 0.440. The molecule has 3 aromatic rings. The molecule has 0 aliphatic rings. The van der Waals surface area contributed by atoms with Gasteiger partial charge in [0.1, 0.15) is 11.5 Å². The molecule has 0 unspecified atom stereocenters. The second-order valence-electron chi connectivity index (χ2n) is 6.10. The summed E-state index contributed by atoms with van der Waals surface area (Å²) in [6, 6.07) is 24.5. The molecule has 5 nitrogen and oxygen atoms in total. The fourth-order valence-electron chi connectivity index (χ4n) is 2.49. The summed E-state index contributed by atoms with van der Waals surface area (Å²) in [5, 5.41) is 0. The minimum Gasteiger partial charge on any atom is -0.497 e. The first-order valence-electron chi connectivity index (χ1n) is 9.12. The van der Waals surface area contributed by atoms with Gasteiger partial charge in [-0.1, -0.05) is 36.4 Å². The van der Waals surface area contributed by atoms with E-state index in [-0.39, 0.29) is 0 Å². The van der Waals surface area contributed by atoms with Crippen LogP contribution in [0.25, 0.3) is 0 Å². The lowest BCUT2D eigenvalue weighted by Crippen LogP contribution is -2.11. The van der Waals surface area contributed by atoms with Crippen molar-refractivity contribution in [1.29, 1.82) is 0 Å². The van der Waals surface area contributed by atoms with Gasteiger partial charge in [-0.3, -0.25) is 0 Å². The maximum Gasteiger partial charge on any atom is 0.225 e. The van der Waals surface area contributed by atoms with Crippen LogP contribution in [0, 0.1) is 0 Å². The number of hydrogen-bond acceptors (Lipinski definition) is 5. The van der Waals surface area contributed by atoms with E-state index in [0.717, 1.165) is 11.3 Å². The van der Waals surface area contributed by atoms with E-state index in [1.54, 1.807) is 38.7 Å². The number of methoxy groups -OCH3 is 2. The highest BCUT2D eigenvalue weighted by atomic mass is 16.5. The molecule has 0 N–H and O–H groups in total. The molecule has 0 bridgehead atoms. The normalized spacial score (nSPS) is 11.7. The topological polar surface area (TPSA) is 49.3 Å². The van der Waals surface area contributed by atoms with E-state index in [9.17, 15) is 0 Å². The highest BCUT2D eigenvalue weighted by Crippen LogP contribution is 2.31. The van der Waals surface area contributed by atoms with Crippen molar-refractivity contribution in [3.63, 3.8) is 0 Å². The molecule has 0 saturated carbocycles. The summed E-state index contributed by atoms with van der Waals surface area (Å²) < 4.78 is 22.4. The highest BCUT2D eigenvalue weighted by Gasteiger charge is 2.10. The number of hydrogen-bond donors (Lipinski definition) is 0. The van der Waals surface area contributed by atoms with Crippen molar-refractivity contribution in [2.45, 2.75) is 6.92 Å². The van der Waals surface area contributed by atoms with Gasteiger partial charge in [0.05, 0.1) is 26.2 Å². The van der Waals surface area contributed by atoms with E-state index in [2.05, 4.69) is 4.99 Å². The van der Waals surface area contributed by atoms with Crippen LogP contribution in [0.4, 0.5) is 5.69 Å². The molecule has 5 heteroatoms. The molecular formula is C24H23NO4. The standard InChI is InChI=1S/C24H23NO4/c1-18(17-28-22-15-14-21(26-2)16-23(22)27-3)24(25-19-10-6-4-7-11-19)29-20-12-8-5-9-13-20/h4-17H,1-3H3/b18-17+,25-24-. The van der Waals surface area contributed by atoms with Crippen LogP contribution >= 0.6 is 0 Å². The second kappa shape index (κ2) is 9.99. The quantitative estimate of drug-likeness (QED) is 0.291. The molecule has 3 rings (SSSR count). The minimum absolute atomic E-state index is 0.440. The third kappa shape index (κ3) is 5.62. The number of aliphatic imine (C=N–C) groups is 1. The van der Waals surface area contributed by atoms with Crippen molar-refractivity contribution in [2.24, 2.45) is 4.99 Å². The van der Waals surface area contributed by atoms with Crippen LogP contribution in [0.1, 0.15) is 6.92 Å². The average molecular weight is 389 g/mol. The van der Waals surface area contributed by atoms with E-state index >= 15 is 0 Å². The summed E-state index contributed by atoms with van der Waals surface area (Å²) in [6.07, 6.45) is 1.59. The Bertz CT molecular complexity index is 982. The van der Waals surface area contributed by atoms with Crippen LogP contribution in [-0.4, -0.2) is 20.1 Å². The summed E-state index contributed by atoms with van der Waals surface area (Å²) in [5.74, 6) is 2.95. The Morgan fingerprint density at radius 1 is 0.759 bits per heavy atom. The Labute approximate surface area is 170 Å². The highest BCUT2D eigenvalue weighted by molar-refractivity contribution is 5.96. The molecular weight excluding hydrogens is 366 g/mol. The van der Waals surface area contributed by atoms with Gasteiger partial charge in [-0.2, -0.15) is 0 Å². The van der Waals surface area contributed by atoms with Gasteiger partial charge in [-0.25, -0.2) is 4.99 Å². The van der Waals surface area contributed by atoms with Gasteiger partial charge in [0.2, 0.25) is 5.90 Å². The lowest BCUT2D eigenvalue weighted by Gasteiger charge is -2.12.